The van der Waals surface area contributed by atoms with E-state index in [1.54, 1.807) is 0 Å². The monoisotopic (exact) mass is 346 g/mol. The highest BCUT2D eigenvalue weighted by Gasteiger charge is 2.37. The average Bonchev–Trinajstić information content (AvgIpc) is 2.98. The molecule has 23 heavy (non-hydrogen) atoms. The molecule has 0 aromatic carbocycles. The molecule has 0 bridgehead atoms. The van der Waals surface area contributed by atoms with Gasteiger partial charge in [0.15, 0.2) is 0 Å². The van der Waals surface area contributed by atoms with Gasteiger partial charge in [-0.25, -0.2) is 0 Å². The van der Waals surface area contributed by atoms with Crippen LogP contribution in [0.15, 0.2) is 0 Å². The average molecular weight is 346 g/mol. The van der Waals surface area contributed by atoms with E-state index in [2.05, 4.69) is 23.3 Å². The van der Waals surface area contributed by atoms with E-state index in [1.807, 2.05) is 0 Å². The number of hydrogen-bond donors (Lipinski definition) is 5. The largest absolute Gasteiger partial charge is 0.480 e. The summed E-state index contributed by atoms with van der Waals surface area (Å²) in [7, 11) is 0. The third-order valence-electron chi connectivity index (χ3n) is 3.46. The molecule has 5 N–H and O–H groups in total. The Morgan fingerprint density at radius 3 is 2.57 bits per heavy atom. The van der Waals surface area contributed by atoms with Crippen molar-refractivity contribution in [2.45, 2.75) is 37.9 Å². The highest BCUT2D eigenvalue weighted by Crippen LogP contribution is 2.18. The van der Waals surface area contributed by atoms with Gasteiger partial charge in [0, 0.05) is 12.3 Å². The molecular formula is C13H22N4O5S. The Labute approximate surface area is 139 Å². The van der Waals surface area contributed by atoms with E-state index in [4.69, 9.17) is 10.8 Å². The molecule has 1 aliphatic heterocycles. The van der Waals surface area contributed by atoms with Crippen LogP contribution in [0.2, 0.25) is 0 Å². The Hall–Kier alpha value is -1.81. The first-order chi connectivity index (χ1) is 10.8. The molecule has 1 aliphatic rings. The van der Waals surface area contributed by atoms with E-state index in [1.165, 1.54) is 11.8 Å². The van der Waals surface area contributed by atoms with Crippen LogP contribution < -0.4 is 16.4 Å². The van der Waals surface area contributed by atoms with Gasteiger partial charge in [-0.2, -0.15) is 12.6 Å². The van der Waals surface area contributed by atoms with Crippen LogP contribution in [0.25, 0.3) is 0 Å². The smallest absolute Gasteiger partial charge is 0.322 e. The number of carboxylic acids is 1. The fourth-order valence-electron chi connectivity index (χ4n) is 2.27. The molecule has 130 valence electrons. The SMILES string of the molecule is CC(N)C(=O)NC(CS)C(=O)N1CCCC1C(=O)NCC(=O)O. The lowest BCUT2D eigenvalue weighted by Gasteiger charge is -2.28. The fraction of sp³-hybridized carbons (Fsp3) is 0.692. The molecule has 0 aliphatic carbocycles. The zero-order valence-electron chi connectivity index (χ0n) is 12.8. The topological polar surface area (TPSA) is 142 Å². The van der Waals surface area contributed by atoms with Crippen molar-refractivity contribution in [1.29, 1.82) is 0 Å². The summed E-state index contributed by atoms with van der Waals surface area (Å²) < 4.78 is 0. The van der Waals surface area contributed by atoms with E-state index in [0.29, 0.717) is 19.4 Å². The molecule has 0 radical (unpaired) electrons. The number of aliphatic carboxylic acids is 1. The molecule has 1 rings (SSSR count). The summed E-state index contributed by atoms with van der Waals surface area (Å²) >= 11 is 4.06. The van der Waals surface area contributed by atoms with E-state index in [-0.39, 0.29) is 5.75 Å². The van der Waals surface area contributed by atoms with Gasteiger partial charge in [-0.1, -0.05) is 0 Å². The lowest BCUT2D eigenvalue weighted by Crippen LogP contribution is -2.56. The highest BCUT2D eigenvalue weighted by atomic mass is 32.1. The molecule has 3 unspecified atom stereocenters. The van der Waals surface area contributed by atoms with E-state index in [9.17, 15) is 19.2 Å². The van der Waals surface area contributed by atoms with Crippen LogP contribution in [0.5, 0.6) is 0 Å². The van der Waals surface area contributed by atoms with Crippen molar-refractivity contribution in [3.8, 4) is 0 Å². The van der Waals surface area contributed by atoms with Crippen molar-refractivity contribution in [3.05, 3.63) is 0 Å². The number of carbonyl (C=O) groups excluding carboxylic acids is 3. The second kappa shape index (κ2) is 8.73. The molecule has 0 aromatic heterocycles. The number of likely N-dealkylation sites (tertiary alicyclic amines) is 1. The van der Waals surface area contributed by atoms with E-state index in [0.717, 1.165) is 0 Å². The number of nitrogens with zero attached hydrogens (tertiary/aromatic N) is 1. The molecule has 1 heterocycles. The minimum atomic E-state index is -1.16. The molecule has 1 saturated heterocycles. The number of rotatable bonds is 7. The molecule has 0 saturated carbocycles. The molecular weight excluding hydrogens is 324 g/mol. The van der Waals surface area contributed by atoms with Crippen molar-refractivity contribution in [1.82, 2.24) is 15.5 Å². The Bertz CT molecular complexity index is 485. The maximum absolute atomic E-state index is 12.5. The normalized spacial score (nSPS) is 19.8. The molecule has 0 aromatic rings. The van der Waals surface area contributed by atoms with Crippen LogP contribution in [-0.2, 0) is 19.2 Å². The summed E-state index contributed by atoms with van der Waals surface area (Å²) in [4.78, 5) is 48.0. The van der Waals surface area contributed by atoms with Gasteiger partial charge in [0.2, 0.25) is 17.7 Å². The van der Waals surface area contributed by atoms with Crippen molar-refractivity contribution in [3.63, 3.8) is 0 Å². The maximum atomic E-state index is 12.5. The van der Waals surface area contributed by atoms with Crippen LogP contribution in [0.1, 0.15) is 19.8 Å². The summed E-state index contributed by atoms with van der Waals surface area (Å²) in [5.74, 6) is -2.52. The van der Waals surface area contributed by atoms with Crippen LogP contribution in [0.4, 0.5) is 0 Å². The summed E-state index contributed by atoms with van der Waals surface area (Å²) in [6.45, 7) is 1.35. The van der Waals surface area contributed by atoms with Crippen molar-refractivity contribution in [2.75, 3.05) is 18.8 Å². The molecule has 9 nitrogen and oxygen atoms in total. The number of nitrogens with one attached hydrogen (secondary N) is 2. The summed E-state index contributed by atoms with van der Waals surface area (Å²) in [5.41, 5.74) is 5.45. The Kier molecular flexibility index (Phi) is 7.30. The first kappa shape index (κ1) is 19.2. The van der Waals surface area contributed by atoms with Gasteiger partial charge in [0.05, 0.1) is 6.04 Å². The van der Waals surface area contributed by atoms with Gasteiger partial charge >= 0.3 is 5.97 Å². The summed E-state index contributed by atoms with van der Waals surface area (Å²) in [6.07, 6.45) is 1.06. The molecule has 3 amide bonds. The Balaban J connectivity index is 2.73. The summed E-state index contributed by atoms with van der Waals surface area (Å²) in [5, 5.41) is 13.4. The van der Waals surface area contributed by atoms with E-state index >= 15 is 0 Å². The fourth-order valence-corrected chi connectivity index (χ4v) is 2.52. The van der Waals surface area contributed by atoms with Crippen molar-refractivity contribution >= 4 is 36.3 Å². The number of amides is 3. The second-order valence-corrected chi connectivity index (χ2v) is 5.70. The maximum Gasteiger partial charge on any atom is 0.322 e. The molecule has 1 fully saturated rings. The van der Waals surface area contributed by atoms with Gasteiger partial charge in [-0.15, -0.1) is 0 Å². The van der Waals surface area contributed by atoms with Crippen LogP contribution in [-0.4, -0.2) is 70.7 Å². The number of hydrogen-bond acceptors (Lipinski definition) is 6. The van der Waals surface area contributed by atoms with Gasteiger partial charge in [-0.3, -0.25) is 19.2 Å². The first-order valence-electron chi connectivity index (χ1n) is 7.24. The molecule has 3 atom stereocenters. The van der Waals surface area contributed by atoms with Gasteiger partial charge in [0.1, 0.15) is 18.6 Å². The van der Waals surface area contributed by atoms with Crippen LogP contribution in [0.3, 0.4) is 0 Å². The lowest BCUT2D eigenvalue weighted by molar-refractivity contribution is -0.142. The van der Waals surface area contributed by atoms with Crippen molar-refractivity contribution < 1.29 is 24.3 Å². The zero-order valence-corrected chi connectivity index (χ0v) is 13.7. The van der Waals surface area contributed by atoms with Crippen LogP contribution in [0, 0.1) is 0 Å². The van der Waals surface area contributed by atoms with E-state index < -0.39 is 48.4 Å². The van der Waals surface area contributed by atoms with Crippen molar-refractivity contribution in [2.24, 2.45) is 5.73 Å². The third-order valence-corrected chi connectivity index (χ3v) is 3.83. The number of carboxylic acid groups (broad SMARTS) is 1. The predicted molar refractivity (Wildman–Crippen MR) is 84.8 cm³/mol. The zero-order chi connectivity index (χ0) is 17.6. The minimum absolute atomic E-state index is 0.0667. The van der Waals surface area contributed by atoms with Gasteiger partial charge < -0.3 is 26.4 Å². The third kappa shape index (κ3) is 5.39. The molecule has 0 spiro atoms. The predicted octanol–water partition coefficient (Wildman–Crippen LogP) is -2.06. The highest BCUT2D eigenvalue weighted by molar-refractivity contribution is 7.80. The number of nitrogens with two attached hydrogens (primary N) is 1. The lowest BCUT2D eigenvalue weighted by atomic mass is 10.2. The number of carbonyl (C=O) groups is 4. The minimum Gasteiger partial charge on any atom is -0.480 e. The molecule has 10 heteroatoms. The first-order valence-corrected chi connectivity index (χ1v) is 7.88. The van der Waals surface area contributed by atoms with Crippen LogP contribution >= 0.6 is 12.6 Å². The Morgan fingerprint density at radius 2 is 2.04 bits per heavy atom. The quantitative estimate of drug-likeness (QED) is 0.336. The standard InChI is InChI=1S/C13H22N4O5S/c1-7(14)11(20)16-8(6-23)13(22)17-4-2-3-9(17)12(21)15-5-10(18)19/h7-9,23H,2-6,14H2,1H3,(H,15,21)(H,16,20)(H,18,19). The summed E-state index contributed by atoms with van der Waals surface area (Å²) in [6, 6.07) is -2.39. The Morgan fingerprint density at radius 1 is 1.39 bits per heavy atom. The second-order valence-electron chi connectivity index (χ2n) is 5.33. The number of thiol groups is 1. The van der Waals surface area contributed by atoms with Gasteiger partial charge in [-0.05, 0) is 19.8 Å². The van der Waals surface area contributed by atoms with Gasteiger partial charge in [0.25, 0.3) is 0 Å².